The molecule has 0 N–H and O–H groups in total. The van der Waals surface area contributed by atoms with E-state index in [1.54, 1.807) is 25.1 Å². The first kappa shape index (κ1) is 16.8. The van der Waals surface area contributed by atoms with Crippen molar-refractivity contribution >= 4 is 5.97 Å². The Balaban J connectivity index is 1.75. The predicted molar refractivity (Wildman–Crippen MR) is 89.4 cm³/mol. The molecule has 3 aromatic rings. The SMILES string of the molecule is Cc1cccc(C(=O)O[C@@H](C)c2nnc(-c3ccc(F)cc3)o2)c1C. The first-order chi connectivity index (χ1) is 12.0. The molecule has 0 unspecified atom stereocenters. The van der Waals surface area contributed by atoms with Gasteiger partial charge in [-0.15, -0.1) is 10.2 Å². The van der Waals surface area contributed by atoms with Gasteiger partial charge in [0.1, 0.15) is 5.82 Å². The van der Waals surface area contributed by atoms with Crippen molar-refractivity contribution in [3.8, 4) is 11.5 Å². The molecule has 0 aliphatic heterocycles. The molecule has 25 heavy (non-hydrogen) atoms. The second-order valence-corrected chi connectivity index (χ2v) is 5.75. The minimum Gasteiger partial charge on any atom is -0.449 e. The predicted octanol–water partition coefficient (Wildman–Crippen LogP) is 4.41. The molecule has 2 aromatic carbocycles. The summed E-state index contributed by atoms with van der Waals surface area (Å²) in [6.45, 7) is 5.46. The summed E-state index contributed by atoms with van der Waals surface area (Å²) in [6, 6.07) is 11.2. The fourth-order valence-corrected chi connectivity index (χ4v) is 2.35. The minimum atomic E-state index is -0.700. The standard InChI is InChI=1S/C19H17FN2O3/c1-11-5-4-6-16(12(11)2)19(23)24-13(3)17-21-22-18(25-17)14-7-9-15(20)10-8-14/h4-10,13H,1-3H3/t13-/m0/s1. The zero-order valence-electron chi connectivity index (χ0n) is 14.1. The molecule has 0 aliphatic rings. The van der Waals surface area contributed by atoms with Crippen molar-refractivity contribution in [2.24, 2.45) is 0 Å². The van der Waals surface area contributed by atoms with Gasteiger partial charge in [-0.05, 0) is 62.2 Å². The summed E-state index contributed by atoms with van der Waals surface area (Å²) in [5.41, 5.74) is 2.98. The second kappa shape index (κ2) is 6.84. The number of esters is 1. The van der Waals surface area contributed by atoms with E-state index in [2.05, 4.69) is 10.2 Å². The molecule has 5 nitrogen and oxygen atoms in total. The molecule has 1 atom stereocenters. The van der Waals surface area contributed by atoms with Gasteiger partial charge in [0.2, 0.25) is 5.89 Å². The Labute approximate surface area is 144 Å². The van der Waals surface area contributed by atoms with E-state index in [0.717, 1.165) is 11.1 Å². The normalized spacial score (nSPS) is 12.0. The highest BCUT2D eigenvalue weighted by Crippen LogP contribution is 2.24. The van der Waals surface area contributed by atoms with Gasteiger partial charge in [-0.1, -0.05) is 12.1 Å². The molecule has 3 rings (SSSR count). The van der Waals surface area contributed by atoms with E-state index in [1.807, 2.05) is 26.0 Å². The monoisotopic (exact) mass is 340 g/mol. The van der Waals surface area contributed by atoms with Gasteiger partial charge < -0.3 is 9.15 Å². The molecular weight excluding hydrogens is 323 g/mol. The van der Waals surface area contributed by atoms with Crippen LogP contribution in [0.15, 0.2) is 46.9 Å². The van der Waals surface area contributed by atoms with Crippen LogP contribution < -0.4 is 0 Å². The third-order valence-corrected chi connectivity index (χ3v) is 3.99. The molecule has 1 heterocycles. The number of aryl methyl sites for hydroxylation is 1. The number of hydrogen-bond donors (Lipinski definition) is 0. The Hall–Kier alpha value is -3.02. The van der Waals surface area contributed by atoms with E-state index < -0.39 is 12.1 Å². The summed E-state index contributed by atoms with van der Waals surface area (Å²) in [4.78, 5) is 12.4. The van der Waals surface area contributed by atoms with Gasteiger partial charge in [-0.3, -0.25) is 0 Å². The smallest absolute Gasteiger partial charge is 0.339 e. The lowest BCUT2D eigenvalue weighted by Crippen LogP contribution is -2.11. The average Bonchev–Trinajstić information content (AvgIpc) is 3.08. The molecule has 128 valence electrons. The van der Waals surface area contributed by atoms with E-state index in [9.17, 15) is 9.18 Å². The van der Waals surface area contributed by atoms with E-state index in [1.165, 1.54) is 12.1 Å². The average molecular weight is 340 g/mol. The van der Waals surface area contributed by atoms with Crippen molar-refractivity contribution in [3.63, 3.8) is 0 Å². The van der Waals surface area contributed by atoms with Crippen LogP contribution in [0.3, 0.4) is 0 Å². The van der Waals surface area contributed by atoms with Crippen LogP contribution in [-0.2, 0) is 4.74 Å². The van der Waals surface area contributed by atoms with Crippen LogP contribution >= 0.6 is 0 Å². The van der Waals surface area contributed by atoms with Crippen LogP contribution in [0.4, 0.5) is 4.39 Å². The molecule has 0 radical (unpaired) electrons. The maximum atomic E-state index is 13.0. The van der Waals surface area contributed by atoms with Crippen molar-refractivity contribution in [2.75, 3.05) is 0 Å². The number of ether oxygens (including phenoxy) is 1. The molecule has 0 aliphatic carbocycles. The third-order valence-electron chi connectivity index (χ3n) is 3.99. The van der Waals surface area contributed by atoms with E-state index in [0.29, 0.717) is 11.1 Å². The fraction of sp³-hybridized carbons (Fsp3) is 0.211. The number of aromatic nitrogens is 2. The molecule has 1 aromatic heterocycles. The van der Waals surface area contributed by atoms with Gasteiger partial charge in [0.25, 0.3) is 5.89 Å². The Morgan fingerprint density at radius 1 is 1.12 bits per heavy atom. The largest absolute Gasteiger partial charge is 0.449 e. The van der Waals surface area contributed by atoms with Crippen LogP contribution in [-0.4, -0.2) is 16.2 Å². The quantitative estimate of drug-likeness (QED) is 0.658. The van der Waals surface area contributed by atoms with Gasteiger partial charge in [0.15, 0.2) is 6.10 Å². The van der Waals surface area contributed by atoms with Crippen molar-refractivity contribution in [2.45, 2.75) is 26.9 Å². The summed E-state index contributed by atoms with van der Waals surface area (Å²) >= 11 is 0. The van der Waals surface area contributed by atoms with Crippen LogP contribution in [0.5, 0.6) is 0 Å². The first-order valence-corrected chi connectivity index (χ1v) is 7.82. The van der Waals surface area contributed by atoms with Gasteiger partial charge in [0, 0.05) is 5.56 Å². The second-order valence-electron chi connectivity index (χ2n) is 5.75. The first-order valence-electron chi connectivity index (χ1n) is 7.82. The number of halogens is 1. The fourth-order valence-electron chi connectivity index (χ4n) is 2.35. The lowest BCUT2D eigenvalue weighted by atomic mass is 10.0. The number of nitrogens with zero attached hydrogens (tertiary/aromatic N) is 2. The molecule has 0 fully saturated rings. The summed E-state index contributed by atoms with van der Waals surface area (Å²) in [7, 11) is 0. The Kier molecular flexibility index (Phi) is 4.61. The molecule has 6 heteroatoms. The zero-order chi connectivity index (χ0) is 18.0. The number of benzene rings is 2. The summed E-state index contributed by atoms with van der Waals surface area (Å²) < 4.78 is 23.9. The van der Waals surface area contributed by atoms with Gasteiger partial charge in [-0.2, -0.15) is 0 Å². The van der Waals surface area contributed by atoms with Gasteiger partial charge >= 0.3 is 5.97 Å². The Morgan fingerprint density at radius 2 is 1.84 bits per heavy atom. The number of carbonyl (C=O) groups is 1. The van der Waals surface area contributed by atoms with E-state index in [-0.39, 0.29) is 17.6 Å². The van der Waals surface area contributed by atoms with Crippen molar-refractivity contribution in [1.29, 1.82) is 0 Å². The molecule has 0 amide bonds. The highest BCUT2D eigenvalue weighted by molar-refractivity contribution is 5.91. The number of rotatable bonds is 4. The van der Waals surface area contributed by atoms with Crippen LogP contribution in [0.1, 0.15) is 40.4 Å². The van der Waals surface area contributed by atoms with Crippen molar-refractivity contribution in [1.82, 2.24) is 10.2 Å². The third kappa shape index (κ3) is 3.57. The van der Waals surface area contributed by atoms with Gasteiger partial charge in [-0.25, -0.2) is 9.18 Å². The Bertz CT molecular complexity index is 903. The van der Waals surface area contributed by atoms with Crippen molar-refractivity contribution in [3.05, 3.63) is 70.9 Å². The highest BCUT2D eigenvalue weighted by Gasteiger charge is 2.21. The molecule has 0 saturated carbocycles. The van der Waals surface area contributed by atoms with E-state index in [4.69, 9.17) is 9.15 Å². The summed E-state index contributed by atoms with van der Waals surface area (Å²) in [6.07, 6.45) is -0.700. The zero-order valence-corrected chi connectivity index (χ0v) is 14.1. The molecule has 0 saturated heterocycles. The summed E-state index contributed by atoms with van der Waals surface area (Å²) in [5, 5.41) is 7.83. The summed E-state index contributed by atoms with van der Waals surface area (Å²) in [5.74, 6) is -0.378. The number of carbonyl (C=O) groups excluding carboxylic acids is 1. The maximum Gasteiger partial charge on any atom is 0.339 e. The lowest BCUT2D eigenvalue weighted by Gasteiger charge is -2.12. The van der Waals surface area contributed by atoms with Crippen molar-refractivity contribution < 1.29 is 18.3 Å². The highest BCUT2D eigenvalue weighted by atomic mass is 19.1. The van der Waals surface area contributed by atoms with Crippen LogP contribution in [0.25, 0.3) is 11.5 Å². The molecule has 0 bridgehead atoms. The van der Waals surface area contributed by atoms with Gasteiger partial charge in [0.05, 0.1) is 5.56 Å². The Morgan fingerprint density at radius 3 is 2.56 bits per heavy atom. The minimum absolute atomic E-state index is 0.179. The molecular formula is C19H17FN2O3. The number of hydrogen-bond acceptors (Lipinski definition) is 5. The van der Waals surface area contributed by atoms with E-state index >= 15 is 0 Å². The topological polar surface area (TPSA) is 65.2 Å². The maximum absolute atomic E-state index is 13.0. The lowest BCUT2D eigenvalue weighted by molar-refractivity contribution is 0.0279. The molecule has 0 spiro atoms. The van der Waals surface area contributed by atoms with Crippen LogP contribution in [0, 0.1) is 19.7 Å². The van der Waals surface area contributed by atoms with Crippen LogP contribution in [0.2, 0.25) is 0 Å².